The maximum Gasteiger partial charge on any atom is 0.248 e. The maximum absolute atomic E-state index is 12.5. The fourth-order valence-corrected chi connectivity index (χ4v) is 7.78. The van der Waals surface area contributed by atoms with Crippen LogP contribution in [0.15, 0.2) is 157 Å². The molecule has 0 bridgehead atoms. The van der Waals surface area contributed by atoms with E-state index in [0.29, 0.717) is 53.7 Å². The first-order valence-electron chi connectivity index (χ1n) is 21.9. The molecular weight excluding hydrogens is 853 g/mol. The van der Waals surface area contributed by atoms with Gasteiger partial charge in [0.2, 0.25) is 35.2 Å². The van der Waals surface area contributed by atoms with Crippen molar-refractivity contribution in [3.05, 3.63) is 191 Å². The van der Waals surface area contributed by atoms with Gasteiger partial charge in [-0.3, -0.25) is 4.79 Å². The van der Waals surface area contributed by atoms with Crippen LogP contribution in [0.2, 0.25) is 0 Å². The molecule has 0 atom stereocenters. The van der Waals surface area contributed by atoms with Crippen LogP contribution in [0.25, 0.3) is 33.8 Å². The summed E-state index contributed by atoms with van der Waals surface area (Å²) in [6.45, 7) is 6.40. The van der Waals surface area contributed by atoms with Crippen molar-refractivity contribution in [2.24, 2.45) is 0 Å². The van der Waals surface area contributed by atoms with Crippen molar-refractivity contribution in [3.8, 4) is 45.5 Å². The highest BCUT2D eigenvalue weighted by Crippen LogP contribution is 2.32. The van der Waals surface area contributed by atoms with Crippen LogP contribution >= 0.6 is 0 Å². The van der Waals surface area contributed by atoms with E-state index in [1.54, 1.807) is 45.1 Å². The number of aromatic amines is 1. The smallest absolute Gasteiger partial charge is 0.248 e. The first-order chi connectivity index (χ1) is 33.0. The molecule has 3 aromatic carbocycles. The zero-order valence-corrected chi connectivity index (χ0v) is 38.2. The van der Waals surface area contributed by atoms with Gasteiger partial charge in [-0.25, -0.2) is 39.9 Å². The number of nitrogens with one attached hydrogen (secondary N) is 4. The van der Waals surface area contributed by atoms with Crippen LogP contribution in [0, 0.1) is 6.92 Å². The molecule has 0 fully saturated rings. The lowest BCUT2D eigenvalue weighted by Crippen LogP contribution is -2.22. The van der Waals surface area contributed by atoms with Crippen molar-refractivity contribution >= 4 is 34.9 Å². The van der Waals surface area contributed by atoms with Gasteiger partial charge >= 0.3 is 0 Å². The summed E-state index contributed by atoms with van der Waals surface area (Å²) in [7, 11) is 3.18. The highest BCUT2D eigenvalue weighted by molar-refractivity contribution is 5.66. The second-order valence-corrected chi connectivity index (χ2v) is 16.8. The molecule has 0 saturated carbocycles. The molecule has 15 nitrogen and oxygen atoms in total. The van der Waals surface area contributed by atoms with Gasteiger partial charge in [0.15, 0.2) is 0 Å². The number of H-pyrrole nitrogens is 1. The molecule has 0 unspecified atom stereocenters. The second kappa shape index (κ2) is 19.7. The molecule has 338 valence electrons. The van der Waals surface area contributed by atoms with Crippen molar-refractivity contribution in [2.45, 2.75) is 39.0 Å². The van der Waals surface area contributed by atoms with Gasteiger partial charge in [-0.05, 0) is 108 Å². The number of nitrogens with zero attached hydrogens (tertiary/aromatic N) is 8. The largest absolute Gasteiger partial charge is 0.481 e. The third-order valence-corrected chi connectivity index (χ3v) is 11.1. The third kappa shape index (κ3) is 11.0. The monoisotopic (exact) mass is 900 g/mol. The van der Waals surface area contributed by atoms with Gasteiger partial charge in [0.05, 0.1) is 37.0 Å². The molecule has 0 radical (unpaired) electrons. The Morgan fingerprint density at radius 2 is 1.12 bits per heavy atom. The topological polar surface area (TPSA) is 191 Å². The minimum Gasteiger partial charge on any atom is -0.481 e. The van der Waals surface area contributed by atoms with Crippen LogP contribution in [0.5, 0.6) is 11.8 Å². The predicted molar refractivity (Wildman–Crippen MR) is 265 cm³/mol. The van der Waals surface area contributed by atoms with Gasteiger partial charge in [0.1, 0.15) is 0 Å². The number of ether oxygens (including phenoxy) is 2. The van der Waals surface area contributed by atoms with E-state index >= 15 is 0 Å². The van der Waals surface area contributed by atoms with Crippen molar-refractivity contribution in [1.29, 1.82) is 0 Å². The minimum absolute atomic E-state index is 0.224. The number of benzene rings is 3. The fraction of sp³-hybridized carbons (Fsp3) is 0.151. The van der Waals surface area contributed by atoms with Crippen LogP contribution in [0.4, 0.5) is 34.9 Å². The normalized spacial score (nSPS) is 11.2. The molecule has 0 spiro atoms. The Bertz CT molecular complexity index is 3300. The quantitative estimate of drug-likeness (QED) is 0.0716. The maximum atomic E-state index is 12.5. The van der Waals surface area contributed by atoms with Gasteiger partial charge < -0.3 is 30.4 Å². The van der Waals surface area contributed by atoms with Crippen LogP contribution in [-0.2, 0) is 18.3 Å². The Labute approximate surface area is 393 Å². The Kier molecular flexibility index (Phi) is 12.9. The lowest BCUT2D eigenvalue weighted by Gasteiger charge is -2.26. The summed E-state index contributed by atoms with van der Waals surface area (Å²) in [5, 5.41) is 10.3. The molecule has 9 aromatic rings. The van der Waals surface area contributed by atoms with E-state index in [0.717, 1.165) is 67.7 Å². The van der Waals surface area contributed by atoms with Crippen molar-refractivity contribution in [2.75, 3.05) is 30.2 Å². The van der Waals surface area contributed by atoms with E-state index in [1.807, 2.05) is 97.9 Å². The van der Waals surface area contributed by atoms with Crippen molar-refractivity contribution in [3.63, 3.8) is 0 Å². The number of anilines is 6. The molecule has 0 aliphatic carbocycles. The predicted octanol–water partition coefficient (Wildman–Crippen LogP) is 10.2. The zero-order chi connectivity index (χ0) is 47.0. The van der Waals surface area contributed by atoms with E-state index in [-0.39, 0.29) is 5.56 Å². The molecule has 6 heterocycles. The lowest BCUT2D eigenvalue weighted by atomic mass is 9.80. The average Bonchev–Trinajstić information content (AvgIpc) is 3.34. The Morgan fingerprint density at radius 3 is 1.81 bits per heavy atom. The summed E-state index contributed by atoms with van der Waals surface area (Å²) in [4.78, 5) is 52.8. The summed E-state index contributed by atoms with van der Waals surface area (Å²) >= 11 is 0. The number of hydrogen-bond donors (Lipinski definition) is 4. The summed E-state index contributed by atoms with van der Waals surface area (Å²) in [5.41, 5.74) is 11.2. The third-order valence-electron chi connectivity index (χ3n) is 11.1. The molecular formula is C53H48N12O3. The summed E-state index contributed by atoms with van der Waals surface area (Å²) in [6, 6.07) is 41.0. The fourth-order valence-electron chi connectivity index (χ4n) is 7.78. The molecule has 6 aromatic heterocycles. The van der Waals surface area contributed by atoms with Gasteiger partial charge in [-0.15, -0.1) is 0 Å². The molecule has 0 aliphatic rings. The summed E-state index contributed by atoms with van der Waals surface area (Å²) in [6.07, 6.45) is 7.80. The van der Waals surface area contributed by atoms with Gasteiger partial charge in [0, 0.05) is 88.9 Å². The van der Waals surface area contributed by atoms with Gasteiger partial charge in [-0.1, -0.05) is 50.2 Å². The average molecular weight is 901 g/mol. The number of hydrogen-bond acceptors (Lipinski definition) is 14. The van der Waals surface area contributed by atoms with E-state index in [1.165, 1.54) is 0 Å². The standard InChI is InChI=1S/C53H48N12O3/c1-33-9-6-12-39(23-33)59-51-61-42(30-45(64-51)37-17-21-56-49(28-37)68-5)25-34-10-7-13-40(24-34)60-52-62-43(31-46(65-52)35-15-19-54-47(66)26-35)32-53(2,3)38-11-8-14-41(29-38)58-50-57-22-18-44(63-50)36-16-20-55-48(27-36)67-4/h6-24,26-31H,25,32H2,1-5H3,(H,54,66)(H,57,58,63)(H,59,61,64)(H,60,62,65). The SMILES string of the molecule is COc1cc(-c2ccnc(Nc3cccc(C(C)(C)Cc4cc(-c5cc[nH]c(=O)c5)nc(Nc5cccc(Cc6cc(-c7ccnc(OC)c7)nc(Nc7cccc(C)c7)n6)c5)n4)c3)n2)ccn1. The first kappa shape index (κ1) is 44.4. The van der Waals surface area contributed by atoms with Crippen molar-refractivity contribution in [1.82, 2.24) is 44.9 Å². The highest BCUT2D eigenvalue weighted by atomic mass is 16.5. The molecule has 0 aliphatic heterocycles. The molecule has 4 N–H and O–H groups in total. The number of rotatable bonds is 16. The number of pyridine rings is 3. The molecule has 9 rings (SSSR count). The van der Waals surface area contributed by atoms with E-state index in [4.69, 9.17) is 34.4 Å². The van der Waals surface area contributed by atoms with E-state index in [9.17, 15) is 4.79 Å². The van der Waals surface area contributed by atoms with Crippen LogP contribution in [0.1, 0.15) is 41.9 Å². The summed E-state index contributed by atoms with van der Waals surface area (Å²) < 4.78 is 10.7. The lowest BCUT2D eigenvalue weighted by molar-refractivity contribution is 0.398. The number of aromatic nitrogens is 9. The van der Waals surface area contributed by atoms with Crippen LogP contribution < -0.4 is 31.0 Å². The Hall–Kier alpha value is -8.85. The van der Waals surface area contributed by atoms with E-state index in [2.05, 4.69) is 80.1 Å². The molecule has 0 saturated heterocycles. The second-order valence-electron chi connectivity index (χ2n) is 16.8. The van der Waals surface area contributed by atoms with Crippen LogP contribution in [0.3, 0.4) is 0 Å². The van der Waals surface area contributed by atoms with Gasteiger partial charge in [0.25, 0.3) is 0 Å². The van der Waals surface area contributed by atoms with E-state index < -0.39 is 5.41 Å². The molecule has 0 amide bonds. The minimum atomic E-state index is -0.393. The van der Waals surface area contributed by atoms with Gasteiger partial charge in [-0.2, -0.15) is 0 Å². The van der Waals surface area contributed by atoms with Crippen LogP contribution in [-0.4, -0.2) is 59.1 Å². The highest BCUT2D eigenvalue weighted by Gasteiger charge is 2.24. The van der Waals surface area contributed by atoms with Crippen molar-refractivity contribution < 1.29 is 9.47 Å². The zero-order valence-electron chi connectivity index (χ0n) is 38.2. The molecule has 15 heteroatoms. The first-order valence-corrected chi connectivity index (χ1v) is 21.9. The molecule has 68 heavy (non-hydrogen) atoms. The Balaban J connectivity index is 0.979. The number of methoxy groups -OCH3 is 2. The Morgan fingerprint density at radius 1 is 0.544 bits per heavy atom. The number of aryl methyl sites for hydroxylation is 1. The summed E-state index contributed by atoms with van der Waals surface area (Å²) in [5.74, 6) is 2.32.